The lowest BCUT2D eigenvalue weighted by molar-refractivity contribution is -0.302. The molecule has 8 atom stereocenters. The summed E-state index contributed by atoms with van der Waals surface area (Å²) in [6.07, 6.45) is 22.0. The molecule has 0 aromatic carbocycles. The standard InChI is InChI=1S/C41H77NO9/c1-4-6-8-10-12-13-14-15-16-18-20-24-29-35(45)40(49)42-33(31-50-41-39(48)38(47)37(46)36(30-43)51-41)34(44)28-25-21-23-27-32(3)26-22-19-17-11-9-7-5-2/h25,27-28,33-39,41,43-48H,4-24,26,29-31H2,1-3H3,(H,42,49)/t33-,34+,35+,36+,37+,38-,39+,41+/m0/s1. The molecule has 10 nitrogen and oxygen atoms in total. The van der Waals surface area contributed by atoms with Crippen LogP contribution in [0, 0.1) is 0 Å². The number of carbonyl (C=O) groups excluding carboxylic acids is 1. The predicted octanol–water partition coefficient (Wildman–Crippen LogP) is 6.52. The number of aliphatic hydroxyl groups is 6. The zero-order valence-corrected chi connectivity index (χ0v) is 32.4. The molecule has 10 heteroatoms. The van der Waals surface area contributed by atoms with Crippen molar-refractivity contribution < 1.29 is 44.9 Å². The molecule has 1 aliphatic rings. The molecule has 1 heterocycles. The number of nitrogens with one attached hydrogen (secondary N) is 1. The molecule has 0 bridgehead atoms. The van der Waals surface area contributed by atoms with Gasteiger partial charge in [0.25, 0.3) is 0 Å². The van der Waals surface area contributed by atoms with Crippen molar-refractivity contribution in [2.75, 3.05) is 13.2 Å². The van der Waals surface area contributed by atoms with Crippen molar-refractivity contribution >= 4 is 5.91 Å². The highest BCUT2D eigenvalue weighted by atomic mass is 16.7. The Labute approximate surface area is 310 Å². The van der Waals surface area contributed by atoms with Crippen molar-refractivity contribution in [1.29, 1.82) is 0 Å². The quantitative estimate of drug-likeness (QED) is 0.0301. The summed E-state index contributed by atoms with van der Waals surface area (Å²) in [5.74, 6) is -0.628. The van der Waals surface area contributed by atoms with Crippen LogP contribution in [0.25, 0.3) is 0 Å². The lowest BCUT2D eigenvalue weighted by Gasteiger charge is -2.40. The van der Waals surface area contributed by atoms with Gasteiger partial charge in [-0.2, -0.15) is 0 Å². The van der Waals surface area contributed by atoms with Gasteiger partial charge < -0.3 is 45.4 Å². The van der Waals surface area contributed by atoms with Crippen molar-refractivity contribution in [3.63, 3.8) is 0 Å². The minimum absolute atomic E-state index is 0.306. The van der Waals surface area contributed by atoms with E-state index in [0.717, 1.165) is 32.1 Å². The van der Waals surface area contributed by atoms with E-state index in [2.05, 4.69) is 32.2 Å². The van der Waals surface area contributed by atoms with Crippen LogP contribution in [0.3, 0.4) is 0 Å². The number of aliphatic hydroxyl groups excluding tert-OH is 6. The normalized spacial score (nSPS) is 23.1. The van der Waals surface area contributed by atoms with Crippen LogP contribution in [-0.2, 0) is 14.3 Å². The van der Waals surface area contributed by atoms with E-state index in [1.165, 1.54) is 102 Å². The van der Waals surface area contributed by atoms with Gasteiger partial charge in [-0.1, -0.05) is 153 Å². The molecule has 0 aromatic heterocycles. The van der Waals surface area contributed by atoms with E-state index < -0.39 is 61.5 Å². The minimum atomic E-state index is -1.61. The Hall–Kier alpha value is -1.37. The smallest absolute Gasteiger partial charge is 0.249 e. The van der Waals surface area contributed by atoms with Gasteiger partial charge in [0.05, 0.1) is 25.4 Å². The average molecular weight is 728 g/mol. The highest BCUT2D eigenvalue weighted by Gasteiger charge is 2.44. The summed E-state index contributed by atoms with van der Waals surface area (Å²) in [6, 6.07) is -0.993. The average Bonchev–Trinajstić information content (AvgIpc) is 3.12. The summed E-state index contributed by atoms with van der Waals surface area (Å²) < 4.78 is 11.1. The number of rotatable bonds is 32. The van der Waals surface area contributed by atoms with Crippen molar-refractivity contribution in [2.24, 2.45) is 0 Å². The fourth-order valence-corrected chi connectivity index (χ4v) is 6.48. The summed E-state index contributed by atoms with van der Waals surface area (Å²) in [6.45, 7) is 5.70. The molecular formula is C41H77NO9. The molecular weight excluding hydrogens is 650 g/mol. The van der Waals surface area contributed by atoms with E-state index in [1.807, 2.05) is 6.08 Å². The first-order chi connectivity index (χ1) is 24.7. The Morgan fingerprint density at radius 3 is 1.82 bits per heavy atom. The van der Waals surface area contributed by atoms with Crippen LogP contribution < -0.4 is 5.32 Å². The van der Waals surface area contributed by atoms with Gasteiger partial charge in [-0.25, -0.2) is 0 Å². The highest BCUT2D eigenvalue weighted by Crippen LogP contribution is 2.22. The van der Waals surface area contributed by atoms with Crippen LogP contribution in [0.5, 0.6) is 0 Å². The van der Waals surface area contributed by atoms with Crippen LogP contribution in [-0.4, -0.2) is 98.7 Å². The molecule has 1 fully saturated rings. The molecule has 0 unspecified atom stereocenters. The summed E-state index contributed by atoms with van der Waals surface area (Å²) in [4.78, 5) is 13.0. The monoisotopic (exact) mass is 728 g/mol. The zero-order valence-electron chi connectivity index (χ0n) is 32.4. The fraction of sp³-hybridized carbons (Fsp3) is 0.878. The first-order valence-electron chi connectivity index (χ1n) is 20.6. The van der Waals surface area contributed by atoms with Gasteiger partial charge in [-0.05, 0) is 39.0 Å². The first kappa shape index (κ1) is 47.7. The van der Waals surface area contributed by atoms with Gasteiger partial charge in [0.15, 0.2) is 6.29 Å². The molecule has 0 aromatic rings. The van der Waals surface area contributed by atoms with Crippen LogP contribution >= 0.6 is 0 Å². The summed E-state index contributed by atoms with van der Waals surface area (Å²) in [7, 11) is 0. The topological polar surface area (TPSA) is 169 Å². The highest BCUT2D eigenvalue weighted by molar-refractivity contribution is 5.80. The second-order valence-corrected chi connectivity index (χ2v) is 14.8. The lowest BCUT2D eigenvalue weighted by Crippen LogP contribution is -2.60. The van der Waals surface area contributed by atoms with Gasteiger partial charge >= 0.3 is 0 Å². The van der Waals surface area contributed by atoms with Crippen LogP contribution in [0.15, 0.2) is 23.8 Å². The van der Waals surface area contributed by atoms with E-state index >= 15 is 0 Å². The zero-order chi connectivity index (χ0) is 37.7. The second-order valence-electron chi connectivity index (χ2n) is 14.8. The SMILES string of the molecule is CCCCCCCCCCCCCC[C@@H](O)C(=O)N[C@@H](CO[C@@H]1O[C@H](CO)[C@@H](O)[C@H](O)[C@H]1O)[C@H](O)C=CCCC=C(C)CCCCCCCCC. The molecule has 0 saturated carbocycles. The number of unbranched alkanes of at least 4 members (excludes halogenated alkanes) is 18. The van der Waals surface area contributed by atoms with E-state index in [-0.39, 0.29) is 6.61 Å². The van der Waals surface area contributed by atoms with Gasteiger partial charge in [0.2, 0.25) is 5.91 Å². The predicted molar refractivity (Wildman–Crippen MR) is 204 cm³/mol. The van der Waals surface area contributed by atoms with Crippen molar-refractivity contribution in [3.8, 4) is 0 Å². The van der Waals surface area contributed by atoms with Gasteiger partial charge in [-0.3, -0.25) is 4.79 Å². The molecule has 1 saturated heterocycles. The van der Waals surface area contributed by atoms with Crippen molar-refractivity contribution in [1.82, 2.24) is 5.32 Å². The largest absolute Gasteiger partial charge is 0.394 e. The summed E-state index contributed by atoms with van der Waals surface area (Å²) in [5, 5.41) is 64.5. The molecule has 0 aliphatic carbocycles. The van der Waals surface area contributed by atoms with Gasteiger partial charge in [0, 0.05) is 0 Å². The minimum Gasteiger partial charge on any atom is -0.394 e. The third-order valence-electron chi connectivity index (χ3n) is 10.00. The molecule has 1 aliphatic heterocycles. The maximum absolute atomic E-state index is 13.0. The molecule has 0 radical (unpaired) electrons. The third-order valence-corrected chi connectivity index (χ3v) is 10.00. The number of hydrogen-bond donors (Lipinski definition) is 7. The molecule has 300 valence electrons. The van der Waals surface area contributed by atoms with E-state index in [4.69, 9.17) is 9.47 Å². The Balaban J connectivity index is 2.59. The maximum atomic E-state index is 13.0. The number of carbonyl (C=O) groups is 1. The Bertz CT molecular complexity index is 898. The van der Waals surface area contributed by atoms with Crippen molar-refractivity contribution in [2.45, 2.75) is 217 Å². The number of hydrogen-bond acceptors (Lipinski definition) is 9. The van der Waals surface area contributed by atoms with Gasteiger partial charge in [0.1, 0.15) is 30.5 Å². The number of ether oxygens (including phenoxy) is 2. The second kappa shape index (κ2) is 31.0. The Morgan fingerprint density at radius 1 is 0.745 bits per heavy atom. The summed E-state index contributed by atoms with van der Waals surface area (Å²) >= 11 is 0. The molecule has 7 N–H and O–H groups in total. The van der Waals surface area contributed by atoms with Crippen LogP contribution in [0.2, 0.25) is 0 Å². The fourth-order valence-electron chi connectivity index (χ4n) is 6.48. The van der Waals surface area contributed by atoms with E-state index in [9.17, 15) is 35.4 Å². The third kappa shape index (κ3) is 22.4. The number of allylic oxidation sites excluding steroid dienone is 3. The molecule has 0 spiro atoms. The Morgan fingerprint density at radius 2 is 1.27 bits per heavy atom. The molecule has 1 rings (SSSR count). The van der Waals surface area contributed by atoms with E-state index in [0.29, 0.717) is 19.3 Å². The van der Waals surface area contributed by atoms with Crippen LogP contribution in [0.4, 0.5) is 0 Å². The maximum Gasteiger partial charge on any atom is 0.249 e. The number of amides is 1. The van der Waals surface area contributed by atoms with Crippen LogP contribution in [0.1, 0.15) is 168 Å². The van der Waals surface area contributed by atoms with Crippen molar-refractivity contribution in [3.05, 3.63) is 23.8 Å². The molecule has 51 heavy (non-hydrogen) atoms. The van der Waals surface area contributed by atoms with Gasteiger partial charge in [-0.15, -0.1) is 0 Å². The first-order valence-corrected chi connectivity index (χ1v) is 20.6. The molecule has 1 amide bonds. The summed E-state index contributed by atoms with van der Waals surface area (Å²) in [5.41, 5.74) is 1.36. The Kier molecular flexibility index (Phi) is 29.0. The van der Waals surface area contributed by atoms with E-state index in [1.54, 1.807) is 6.08 Å². The lowest BCUT2D eigenvalue weighted by atomic mass is 9.99.